The molecule has 0 bridgehead atoms. The minimum absolute atomic E-state index is 0. The Balaban J connectivity index is -0.0000000425. The molecule has 17 heavy (non-hydrogen) atoms. The Morgan fingerprint density at radius 1 is 0.765 bits per heavy atom. The Bertz CT molecular complexity index is 209. The summed E-state index contributed by atoms with van der Waals surface area (Å²) in [7, 11) is -3.66. The van der Waals surface area contributed by atoms with Crippen LogP contribution in [-0.4, -0.2) is 74.4 Å². The summed E-state index contributed by atoms with van der Waals surface area (Å²) in [5.74, 6) is 0. The SMILES string of the molecule is C.C=[Si](C)O.C=[Si](C)O.C=[Si](C)O[Si](=C)C.O. The maximum atomic E-state index is 8.05. The smallest absolute Gasteiger partial charge is 0.217 e. The average molecular weight is 313 g/mol. The summed E-state index contributed by atoms with van der Waals surface area (Å²) in [6.07, 6.45) is 14.1. The summed E-state index contributed by atoms with van der Waals surface area (Å²) in [5, 5.41) is 0. The first-order chi connectivity index (χ1) is 6.59. The van der Waals surface area contributed by atoms with Gasteiger partial charge in [-0.1, -0.05) is 32.1 Å². The number of hydrogen-bond acceptors (Lipinski definition) is 3. The predicted octanol–water partition coefficient (Wildman–Crippen LogP) is -0.688. The molecule has 0 saturated heterocycles. The number of hydrogen-bond donors (Lipinski definition) is 2. The van der Waals surface area contributed by atoms with Crippen molar-refractivity contribution in [2.24, 2.45) is 0 Å². The third kappa shape index (κ3) is 215. The van der Waals surface area contributed by atoms with Gasteiger partial charge in [0.05, 0.1) is 0 Å². The van der Waals surface area contributed by atoms with Crippen LogP contribution in [0.1, 0.15) is 7.43 Å². The summed E-state index contributed by atoms with van der Waals surface area (Å²) in [6, 6.07) is 0. The molecule has 8 heteroatoms. The fourth-order valence-electron chi connectivity index (χ4n) is 0.297. The second-order valence-electron chi connectivity index (χ2n) is 2.98. The van der Waals surface area contributed by atoms with Crippen LogP contribution in [0.4, 0.5) is 0 Å². The molecule has 0 unspecified atom stereocenters. The molecule has 0 atom stereocenters. The lowest BCUT2D eigenvalue weighted by molar-refractivity contribution is 0.604. The molecule has 104 valence electrons. The normalized spacial score (nSPS) is 6.12. The van der Waals surface area contributed by atoms with Gasteiger partial charge < -0.3 is 19.2 Å². The Hall–Kier alpha value is -0.292. The maximum Gasteiger partial charge on any atom is 0.217 e. The molecule has 0 aromatic carbocycles. The van der Waals surface area contributed by atoms with E-state index in [4.69, 9.17) is 13.7 Å². The topological polar surface area (TPSA) is 81.2 Å². The molecule has 0 radical (unpaired) electrons. The molecule has 0 rings (SSSR count). The van der Waals surface area contributed by atoms with E-state index in [0.29, 0.717) is 0 Å². The zero-order valence-corrected chi connectivity index (χ0v) is 14.6. The van der Waals surface area contributed by atoms with Crippen molar-refractivity contribution in [3.8, 4) is 0 Å². The largest absolute Gasteiger partial charge is 0.580 e. The average Bonchev–Trinajstić information content (AvgIpc) is 1.78. The molecule has 4 nitrogen and oxygen atoms in total. The fourth-order valence-corrected chi connectivity index (χ4v) is 2.68. The van der Waals surface area contributed by atoms with Crippen LogP contribution in [0.15, 0.2) is 0 Å². The zero-order chi connectivity index (χ0) is 13.0. The van der Waals surface area contributed by atoms with Gasteiger partial charge in [0.15, 0.2) is 0 Å². The van der Waals surface area contributed by atoms with Crippen LogP contribution in [0.25, 0.3) is 0 Å². The minimum atomic E-state index is -1.13. The van der Waals surface area contributed by atoms with Crippen LogP contribution in [0, 0.1) is 0 Å². The molecule has 0 aliphatic carbocycles. The summed E-state index contributed by atoms with van der Waals surface area (Å²) >= 11 is 0. The summed E-state index contributed by atoms with van der Waals surface area (Å²) in [4.78, 5) is 16.1. The standard InChI is InChI=1S/C4H10OSi2.2C2H6OSi.CH4.H2O/c1-6(2)5-7(3)4;2*1-4(2)3;;/h1,3H2,2,4H3;2*3H,1H2,2H3;1H4;1H2. The lowest BCUT2D eigenvalue weighted by atomic mass is 11.9. The second kappa shape index (κ2) is 21.0. The van der Waals surface area contributed by atoms with Gasteiger partial charge >= 0.3 is 0 Å². The molecule has 4 N–H and O–H groups in total. The van der Waals surface area contributed by atoms with Gasteiger partial charge in [0.2, 0.25) is 34.6 Å². The van der Waals surface area contributed by atoms with Crippen LogP contribution < -0.4 is 0 Å². The van der Waals surface area contributed by atoms with Crippen molar-refractivity contribution in [2.75, 3.05) is 0 Å². The first-order valence-electron chi connectivity index (χ1n) is 4.27. The molecular weight excluding hydrogens is 284 g/mol. The molecule has 0 spiro atoms. The minimum Gasteiger partial charge on any atom is -0.580 e. The van der Waals surface area contributed by atoms with E-state index >= 15 is 0 Å². The lowest BCUT2D eigenvalue weighted by Crippen LogP contribution is -2.08. The van der Waals surface area contributed by atoms with Gasteiger partial charge in [0.1, 0.15) is 0 Å². The Labute approximate surface area is 112 Å². The molecule has 0 fully saturated rings. The monoisotopic (exact) mass is 312 g/mol. The highest BCUT2D eigenvalue weighted by molar-refractivity contribution is 6.67. The van der Waals surface area contributed by atoms with E-state index < -0.39 is 34.6 Å². The van der Waals surface area contributed by atoms with E-state index in [-0.39, 0.29) is 12.9 Å². The van der Waals surface area contributed by atoms with Gasteiger partial charge in [0, 0.05) is 0 Å². The molecule has 0 amide bonds. The molecule has 0 aliphatic heterocycles. The van der Waals surface area contributed by atoms with Gasteiger partial charge in [-0.3, -0.25) is 0 Å². The summed E-state index contributed by atoms with van der Waals surface area (Å²) < 4.78 is 5.23. The van der Waals surface area contributed by atoms with E-state index in [0.717, 1.165) is 0 Å². The number of rotatable bonds is 2. The van der Waals surface area contributed by atoms with Crippen LogP contribution >= 0.6 is 0 Å². The molecule has 0 saturated carbocycles. The first-order valence-corrected chi connectivity index (χ1v) is 12.8. The predicted molar refractivity (Wildman–Crippen MR) is 90.8 cm³/mol. The lowest BCUT2D eigenvalue weighted by Gasteiger charge is -1.98. The molecule has 0 aromatic rings. The van der Waals surface area contributed by atoms with Crippen molar-refractivity contribution >= 4 is 59.3 Å². The van der Waals surface area contributed by atoms with Crippen LogP contribution in [-0.2, 0) is 4.12 Å². The van der Waals surface area contributed by atoms with Crippen molar-refractivity contribution < 1.29 is 19.2 Å². The summed E-state index contributed by atoms with van der Waals surface area (Å²) in [6.45, 7) is 7.46. The second-order valence-corrected chi connectivity index (χ2v) is 9.54. The Morgan fingerprint density at radius 2 is 0.882 bits per heavy atom. The summed E-state index contributed by atoms with van der Waals surface area (Å²) in [5.41, 5.74) is 0. The van der Waals surface area contributed by atoms with E-state index in [1.54, 1.807) is 13.1 Å². The van der Waals surface area contributed by atoms with Gasteiger partial charge in [0.25, 0.3) is 0 Å². The van der Waals surface area contributed by atoms with Gasteiger partial charge in [-0.2, -0.15) is 0 Å². The van der Waals surface area contributed by atoms with Crippen LogP contribution in [0.2, 0.25) is 26.2 Å². The van der Waals surface area contributed by atoms with Crippen molar-refractivity contribution in [3.05, 3.63) is 0 Å². The van der Waals surface area contributed by atoms with E-state index in [1.807, 2.05) is 13.1 Å². The first kappa shape index (κ1) is 30.1. The third-order valence-corrected chi connectivity index (χ3v) is 3.14. The highest BCUT2D eigenvalue weighted by Gasteiger charge is 1.84. The van der Waals surface area contributed by atoms with Crippen molar-refractivity contribution in [1.82, 2.24) is 0 Å². The van der Waals surface area contributed by atoms with Gasteiger partial charge in [-0.15, -0.1) is 0 Å². The third-order valence-electron chi connectivity index (χ3n) is 0.348. The van der Waals surface area contributed by atoms with E-state index in [2.05, 4.69) is 24.7 Å². The fraction of sp³-hybridized carbons (Fsp3) is 0.556. The quantitative estimate of drug-likeness (QED) is 0.662. The van der Waals surface area contributed by atoms with Crippen molar-refractivity contribution in [2.45, 2.75) is 33.6 Å². The maximum absolute atomic E-state index is 8.05. The Kier molecular flexibility index (Phi) is 37.2. The van der Waals surface area contributed by atoms with Crippen LogP contribution in [0.3, 0.4) is 0 Å². The highest BCUT2D eigenvalue weighted by Crippen LogP contribution is 1.69. The Morgan fingerprint density at radius 3 is 0.882 bits per heavy atom. The molecule has 0 aromatic heterocycles. The molecular formula is C9H28O4Si4. The van der Waals surface area contributed by atoms with Crippen molar-refractivity contribution in [3.63, 3.8) is 0 Å². The van der Waals surface area contributed by atoms with Gasteiger partial charge in [-0.25, -0.2) is 0 Å². The van der Waals surface area contributed by atoms with E-state index in [1.165, 1.54) is 0 Å². The van der Waals surface area contributed by atoms with Crippen molar-refractivity contribution in [1.29, 1.82) is 0 Å². The molecule has 0 aliphatic rings. The van der Waals surface area contributed by atoms with Crippen LogP contribution in [0.5, 0.6) is 0 Å². The highest BCUT2D eigenvalue weighted by atomic mass is 28.3. The molecule has 0 heterocycles. The zero-order valence-electron chi connectivity index (χ0n) is 10.6. The van der Waals surface area contributed by atoms with Gasteiger partial charge in [-0.05, 0) is 26.2 Å². The van der Waals surface area contributed by atoms with E-state index in [9.17, 15) is 0 Å².